The lowest BCUT2D eigenvalue weighted by Crippen LogP contribution is -2.21. The van der Waals surface area contributed by atoms with Gasteiger partial charge in [0, 0.05) is 45.0 Å². The van der Waals surface area contributed by atoms with Crippen LogP contribution in [0.4, 0.5) is 0 Å². The Morgan fingerprint density at radius 3 is 2.47 bits per heavy atom. The van der Waals surface area contributed by atoms with Crippen molar-refractivity contribution in [2.45, 2.75) is 19.4 Å². The van der Waals surface area contributed by atoms with Gasteiger partial charge in [-0.1, -0.05) is 95.3 Å². The van der Waals surface area contributed by atoms with Crippen LogP contribution in [0, 0.1) is 18.3 Å². The molecule has 1 N–H and O–H groups in total. The van der Waals surface area contributed by atoms with Crippen LogP contribution in [0.2, 0.25) is 0 Å². The maximum absolute atomic E-state index is 12.8. The molecule has 0 aliphatic rings. The van der Waals surface area contributed by atoms with E-state index in [0.717, 1.165) is 26.9 Å². The van der Waals surface area contributed by atoms with Gasteiger partial charge in [0.1, 0.15) is 11.6 Å². The lowest BCUT2D eigenvalue weighted by atomic mass is 9.97. The molecule has 1 unspecified atom stereocenters. The number of allylic oxidation sites excluding steroid dienone is 3. The van der Waals surface area contributed by atoms with Crippen LogP contribution in [0.3, 0.4) is 0 Å². The summed E-state index contributed by atoms with van der Waals surface area (Å²) >= 11 is 3.34. The number of benzene rings is 2. The largest absolute Gasteiger partial charge is 0.466 e. The second-order valence-electron chi connectivity index (χ2n) is 8.50. The molecule has 0 radical (unpaired) electrons. The monoisotopic (exact) mass is 567 g/mol. The van der Waals surface area contributed by atoms with Gasteiger partial charge in [0.15, 0.2) is 0 Å². The Balaban J connectivity index is 1.87. The third kappa shape index (κ3) is 5.93. The zero-order valence-electron chi connectivity index (χ0n) is 21.1. The number of pyridine rings is 1. The molecule has 0 amide bonds. The fourth-order valence-electron chi connectivity index (χ4n) is 4.12. The zero-order chi connectivity index (χ0) is 27.1. The summed E-state index contributed by atoms with van der Waals surface area (Å²) in [7, 11) is 1.30. The standard InChI is InChI=1S/C31H26BrN3O3/c1-20(32)11-10-16-27-21(2)26(19-34-27)24-17-28(22-12-6-4-7-13-22)35-30(25(24)18-33)38-29(31(36)37-3)23-14-8-5-9-15-23/h4-15,17,19,29,34H,1,16H2,2-3H3/b11-10-. The number of rotatable bonds is 9. The van der Waals surface area contributed by atoms with Gasteiger partial charge in [-0.15, -0.1) is 0 Å². The Morgan fingerprint density at radius 2 is 1.84 bits per heavy atom. The molecule has 0 spiro atoms. The Bertz CT molecular complexity index is 1520. The average Bonchev–Trinajstić information content (AvgIpc) is 3.31. The number of carbonyl (C=O) groups is 1. The molecule has 38 heavy (non-hydrogen) atoms. The van der Waals surface area contributed by atoms with E-state index in [-0.39, 0.29) is 11.4 Å². The Labute approximate surface area is 230 Å². The Hall–Kier alpha value is -4.41. The molecular formula is C31H26BrN3O3. The predicted molar refractivity (Wildman–Crippen MR) is 152 cm³/mol. The van der Waals surface area contributed by atoms with E-state index in [9.17, 15) is 10.1 Å². The summed E-state index contributed by atoms with van der Waals surface area (Å²) in [6.45, 7) is 5.83. The fourth-order valence-corrected chi connectivity index (χ4v) is 4.30. The van der Waals surface area contributed by atoms with Gasteiger partial charge < -0.3 is 14.5 Å². The maximum atomic E-state index is 12.8. The smallest absolute Gasteiger partial charge is 0.351 e. The van der Waals surface area contributed by atoms with Gasteiger partial charge >= 0.3 is 5.97 Å². The van der Waals surface area contributed by atoms with Crippen molar-refractivity contribution in [2.75, 3.05) is 7.11 Å². The van der Waals surface area contributed by atoms with Crippen LogP contribution in [-0.4, -0.2) is 23.0 Å². The zero-order valence-corrected chi connectivity index (χ0v) is 22.7. The van der Waals surface area contributed by atoms with Crippen molar-refractivity contribution in [1.29, 1.82) is 5.26 Å². The van der Waals surface area contributed by atoms with Gasteiger partial charge in [-0.25, -0.2) is 9.78 Å². The highest BCUT2D eigenvalue weighted by Crippen LogP contribution is 2.37. The number of hydrogen-bond donors (Lipinski definition) is 1. The molecule has 7 heteroatoms. The number of hydrogen-bond acceptors (Lipinski definition) is 5. The summed E-state index contributed by atoms with van der Waals surface area (Å²) in [5, 5.41) is 10.3. The second kappa shape index (κ2) is 12.2. The Morgan fingerprint density at radius 1 is 1.16 bits per heavy atom. The first-order chi connectivity index (χ1) is 18.4. The number of nitrogens with zero attached hydrogens (tertiary/aromatic N) is 2. The highest BCUT2D eigenvalue weighted by atomic mass is 79.9. The van der Waals surface area contributed by atoms with Crippen molar-refractivity contribution in [3.63, 3.8) is 0 Å². The van der Waals surface area contributed by atoms with E-state index in [1.54, 1.807) is 12.1 Å². The molecule has 2 aromatic carbocycles. The highest BCUT2D eigenvalue weighted by Gasteiger charge is 2.27. The molecule has 2 aromatic heterocycles. The van der Waals surface area contributed by atoms with E-state index in [1.165, 1.54) is 7.11 Å². The minimum absolute atomic E-state index is 0.0562. The summed E-state index contributed by atoms with van der Waals surface area (Å²) in [6.07, 6.45) is 5.35. The van der Waals surface area contributed by atoms with Gasteiger partial charge in [0.25, 0.3) is 0 Å². The van der Waals surface area contributed by atoms with Crippen molar-refractivity contribution in [2.24, 2.45) is 0 Å². The van der Waals surface area contributed by atoms with Crippen molar-refractivity contribution in [3.8, 4) is 34.3 Å². The van der Waals surface area contributed by atoms with Crippen molar-refractivity contribution < 1.29 is 14.3 Å². The SMILES string of the molecule is C=C(Br)/C=C\Cc1[nH]cc(-c2cc(-c3ccccc3)nc(OC(C(=O)OC)c3ccccc3)c2C#N)c1C. The quantitative estimate of drug-likeness (QED) is 0.170. The summed E-state index contributed by atoms with van der Waals surface area (Å²) in [6, 6.07) is 22.8. The van der Waals surface area contributed by atoms with Gasteiger partial charge in [0.05, 0.1) is 12.8 Å². The van der Waals surface area contributed by atoms with Crippen molar-refractivity contribution in [1.82, 2.24) is 9.97 Å². The molecule has 0 saturated heterocycles. The topological polar surface area (TPSA) is 88.0 Å². The van der Waals surface area contributed by atoms with E-state index in [2.05, 4.69) is 33.6 Å². The number of aromatic amines is 1. The van der Waals surface area contributed by atoms with Gasteiger partial charge in [-0.2, -0.15) is 5.26 Å². The number of H-pyrrole nitrogens is 1. The van der Waals surface area contributed by atoms with E-state index in [0.29, 0.717) is 23.2 Å². The van der Waals surface area contributed by atoms with E-state index >= 15 is 0 Å². The number of halogens is 1. The van der Waals surface area contributed by atoms with Gasteiger partial charge in [0.2, 0.25) is 12.0 Å². The maximum Gasteiger partial charge on any atom is 0.351 e. The Kier molecular flexibility index (Phi) is 8.57. The molecule has 4 rings (SSSR count). The molecule has 0 fully saturated rings. The number of methoxy groups -OCH3 is 1. The first-order valence-electron chi connectivity index (χ1n) is 11.9. The summed E-state index contributed by atoms with van der Waals surface area (Å²) < 4.78 is 12.0. The van der Waals surface area contributed by atoms with Crippen LogP contribution in [0.5, 0.6) is 5.88 Å². The molecule has 1 atom stereocenters. The number of nitriles is 1. The van der Waals surface area contributed by atoms with Crippen LogP contribution >= 0.6 is 15.9 Å². The van der Waals surface area contributed by atoms with E-state index in [1.807, 2.05) is 79.9 Å². The molecule has 0 aliphatic heterocycles. The molecule has 0 saturated carbocycles. The lowest BCUT2D eigenvalue weighted by Gasteiger charge is -2.19. The summed E-state index contributed by atoms with van der Waals surface area (Å²) in [4.78, 5) is 20.8. The van der Waals surface area contributed by atoms with Crippen LogP contribution in [-0.2, 0) is 16.0 Å². The number of ether oxygens (including phenoxy) is 2. The average molecular weight is 568 g/mol. The summed E-state index contributed by atoms with van der Waals surface area (Å²) in [5.74, 6) is -0.533. The molecule has 0 bridgehead atoms. The normalized spacial score (nSPS) is 11.6. The van der Waals surface area contributed by atoms with Crippen molar-refractivity contribution in [3.05, 3.63) is 119 Å². The van der Waals surface area contributed by atoms with Crippen LogP contribution < -0.4 is 4.74 Å². The molecule has 4 aromatic rings. The number of aromatic nitrogens is 2. The van der Waals surface area contributed by atoms with Crippen molar-refractivity contribution >= 4 is 21.9 Å². The van der Waals surface area contributed by atoms with Crippen LogP contribution in [0.1, 0.15) is 28.5 Å². The van der Waals surface area contributed by atoms with E-state index < -0.39 is 12.1 Å². The van der Waals surface area contributed by atoms with Crippen LogP contribution in [0.25, 0.3) is 22.4 Å². The second-order valence-corrected chi connectivity index (χ2v) is 9.52. The highest BCUT2D eigenvalue weighted by molar-refractivity contribution is 9.11. The fraction of sp³-hybridized carbons (Fsp3) is 0.129. The predicted octanol–water partition coefficient (Wildman–Crippen LogP) is 7.22. The molecule has 2 heterocycles. The number of nitrogens with one attached hydrogen (secondary N) is 1. The number of esters is 1. The van der Waals surface area contributed by atoms with Crippen LogP contribution in [0.15, 0.2) is 96.1 Å². The minimum Gasteiger partial charge on any atom is -0.466 e. The van der Waals surface area contributed by atoms with E-state index in [4.69, 9.17) is 14.5 Å². The molecule has 190 valence electrons. The molecule has 0 aliphatic carbocycles. The number of carbonyl (C=O) groups excluding carboxylic acids is 1. The van der Waals surface area contributed by atoms with Gasteiger partial charge in [-0.3, -0.25) is 0 Å². The lowest BCUT2D eigenvalue weighted by molar-refractivity contribution is -0.149. The third-order valence-corrected chi connectivity index (χ3v) is 6.34. The molecular weight excluding hydrogens is 542 g/mol. The third-order valence-electron chi connectivity index (χ3n) is 6.07. The summed E-state index contributed by atoms with van der Waals surface area (Å²) in [5.41, 5.74) is 5.79. The minimum atomic E-state index is -1.09. The molecule has 6 nitrogen and oxygen atoms in total. The first kappa shape index (κ1) is 26.6. The van der Waals surface area contributed by atoms with Gasteiger partial charge in [-0.05, 0) is 18.6 Å². The first-order valence-corrected chi connectivity index (χ1v) is 12.7.